The van der Waals surface area contributed by atoms with Gasteiger partial charge in [-0.2, -0.15) is 17.2 Å². The lowest BCUT2D eigenvalue weighted by Crippen LogP contribution is -2.23. The maximum absolute atomic E-state index is 13.1. The molecular weight excluding hydrogens is 315 g/mol. The SMILES string of the molecule is COC(=O)CS(=O)(=O)Oc1c(F)c(F)c(F)c(F)c1F. The predicted octanol–water partition coefficient (Wildman–Crippen LogP) is 1.26. The van der Waals surface area contributed by atoms with E-state index in [2.05, 4.69) is 8.92 Å². The van der Waals surface area contributed by atoms with Gasteiger partial charge in [0.15, 0.2) is 5.75 Å². The summed E-state index contributed by atoms with van der Waals surface area (Å²) in [5, 5.41) is 0. The fourth-order valence-electron chi connectivity index (χ4n) is 1.02. The van der Waals surface area contributed by atoms with Gasteiger partial charge < -0.3 is 8.92 Å². The lowest BCUT2D eigenvalue weighted by atomic mass is 10.3. The minimum atomic E-state index is -4.95. The van der Waals surface area contributed by atoms with Crippen LogP contribution in [0.1, 0.15) is 0 Å². The quantitative estimate of drug-likeness (QED) is 0.275. The Morgan fingerprint density at radius 2 is 1.35 bits per heavy atom. The molecule has 0 heterocycles. The molecule has 0 saturated carbocycles. The predicted molar refractivity (Wildman–Crippen MR) is 52.7 cm³/mol. The Labute approximate surface area is 109 Å². The van der Waals surface area contributed by atoms with E-state index in [0.29, 0.717) is 0 Å². The normalized spacial score (nSPS) is 11.3. The van der Waals surface area contributed by atoms with Crippen LogP contribution in [0.3, 0.4) is 0 Å². The Morgan fingerprint density at radius 3 is 1.75 bits per heavy atom. The van der Waals surface area contributed by atoms with E-state index in [1.165, 1.54) is 0 Å². The lowest BCUT2D eigenvalue weighted by Gasteiger charge is -2.09. The van der Waals surface area contributed by atoms with E-state index in [4.69, 9.17) is 0 Å². The topological polar surface area (TPSA) is 69.7 Å². The molecule has 20 heavy (non-hydrogen) atoms. The van der Waals surface area contributed by atoms with E-state index in [9.17, 15) is 35.2 Å². The summed E-state index contributed by atoms with van der Waals surface area (Å²) in [6.07, 6.45) is 0. The summed E-state index contributed by atoms with van der Waals surface area (Å²) in [5.41, 5.74) is 0. The van der Waals surface area contributed by atoms with Crippen molar-refractivity contribution in [3.05, 3.63) is 29.1 Å². The van der Waals surface area contributed by atoms with Crippen molar-refractivity contribution >= 4 is 16.1 Å². The van der Waals surface area contributed by atoms with Gasteiger partial charge >= 0.3 is 16.1 Å². The van der Waals surface area contributed by atoms with Gasteiger partial charge in [-0.3, -0.25) is 4.79 Å². The molecule has 0 aromatic heterocycles. The molecule has 0 spiro atoms. The van der Waals surface area contributed by atoms with Crippen molar-refractivity contribution in [1.82, 2.24) is 0 Å². The molecule has 1 aromatic rings. The zero-order valence-corrected chi connectivity index (χ0v) is 10.4. The van der Waals surface area contributed by atoms with Crippen molar-refractivity contribution in [3.63, 3.8) is 0 Å². The maximum Gasteiger partial charge on any atom is 0.324 e. The van der Waals surface area contributed by atoms with Gasteiger partial charge in [0.2, 0.25) is 34.8 Å². The molecule has 0 atom stereocenters. The molecule has 0 bridgehead atoms. The van der Waals surface area contributed by atoms with Crippen LogP contribution in [0.4, 0.5) is 22.0 Å². The van der Waals surface area contributed by atoms with Crippen LogP contribution in [-0.2, 0) is 19.6 Å². The van der Waals surface area contributed by atoms with Crippen molar-refractivity contribution in [2.24, 2.45) is 0 Å². The minimum absolute atomic E-state index is 0.816. The summed E-state index contributed by atoms with van der Waals surface area (Å²) in [4.78, 5) is 10.7. The van der Waals surface area contributed by atoms with Crippen molar-refractivity contribution in [2.45, 2.75) is 0 Å². The van der Waals surface area contributed by atoms with Gasteiger partial charge in [-0.05, 0) is 0 Å². The number of hydrogen-bond acceptors (Lipinski definition) is 5. The van der Waals surface area contributed by atoms with E-state index in [1.807, 2.05) is 0 Å². The van der Waals surface area contributed by atoms with Crippen LogP contribution < -0.4 is 4.18 Å². The highest BCUT2D eigenvalue weighted by Gasteiger charge is 2.31. The Morgan fingerprint density at radius 1 is 0.950 bits per heavy atom. The lowest BCUT2D eigenvalue weighted by molar-refractivity contribution is -0.137. The molecular formula is C9H5F5O5S. The monoisotopic (exact) mass is 320 g/mol. The molecule has 1 aromatic carbocycles. The molecule has 0 aliphatic carbocycles. The number of rotatable bonds is 4. The first kappa shape index (κ1) is 16.1. The van der Waals surface area contributed by atoms with Crippen LogP contribution in [0.2, 0.25) is 0 Å². The van der Waals surface area contributed by atoms with E-state index >= 15 is 0 Å². The van der Waals surface area contributed by atoms with Crippen LogP contribution in [0.5, 0.6) is 5.75 Å². The third kappa shape index (κ3) is 3.15. The van der Waals surface area contributed by atoms with E-state index in [1.54, 1.807) is 0 Å². The summed E-state index contributed by atoms with van der Waals surface area (Å²) >= 11 is 0. The van der Waals surface area contributed by atoms with Gasteiger partial charge in [-0.25, -0.2) is 13.2 Å². The Hall–Kier alpha value is -1.91. The van der Waals surface area contributed by atoms with Gasteiger partial charge in [-0.15, -0.1) is 0 Å². The summed E-state index contributed by atoms with van der Waals surface area (Å²) in [6.45, 7) is 0. The molecule has 0 fully saturated rings. The van der Waals surface area contributed by atoms with Crippen LogP contribution in [-0.4, -0.2) is 27.2 Å². The number of methoxy groups -OCH3 is 1. The molecule has 0 aliphatic rings. The zero-order valence-electron chi connectivity index (χ0n) is 9.55. The first-order valence-electron chi connectivity index (χ1n) is 4.61. The Balaban J connectivity index is 3.26. The number of esters is 1. The average Bonchev–Trinajstić information content (AvgIpc) is 2.38. The highest BCUT2D eigenvalue weighted by Crippen LogP contribution is 2.30. The summed E-state index contributed by atoms with van der Waals surface area (Å²) < 4.78 is 94.6. The summed E-state index contributed by atoms with van der Waals surface area (Å²) in [6, 6.07) is 0. The number of hydrogen-bond donors (Lipinski definition) is 0. The minimum Gasteiger partial charge on any atom is -0.468 e. The fraction of sp³-hybridized carbons (Fsp3) is 0.222. The van der Waals surface area contributed by atoms with Crippen LogP contribution in [0.15, 0.2) is 0 Å². The van der Waals surface area contributed by atoms with Crippen molar-refractivity contribution < 1.29 is 44.1 Å². The number of benzene rings is 1. The standard InChI is InChI=1S/C9H5F5O5S/c1-18-3(15)2-20(16,17)19-9-7(13)5(11)4(10)6(12)8(9)14/h2H2,1H3. The largest absolute Gasteiger partial charge is 0.468 e. The van der Waals surface area contributed by atoms with Crippen molar-refractivity contribution in [2.75, 3.05) is 12.9 Å². The Bertz CT molecular complexity index is 628. The first-order valence-corrected chi connectivity index (χ1v) is 6.19. The smallest absolute Gasteiger partial charge is 0.324 e. The Kier molecular flexibility index (Phi) is 4.53. The number of ether oxygens (including phenoxy) is 1. The molecule has 5 nitrogen and oxygen atoms in total. The molecule has 0 unspecified atom stereocenters. The van der Waals surface area contributed by atoms with Crippen LogP contribution in [0.25, 0.3) is 0 Å². The maximum atomic E-state index is 13.1. The van der Waals surface area contributed by atoms with E-state index in [-0.39, 0.29) is 0 Å². The number of halogens is 5. The zero-order chi connectivity index (χ0) is 15.7. The van der Waals surface area contributed by atoms with Gasteiger partial charge in [0.25, 0.3) is 0 Å². The molecule has 0 N–H and O–H groups in total. The second kappa shape index (κ2) is 5.61. The van der Waals surface area contributed by atoms with Crippen LogP contribution >= 0.6 is 0 Å². The molecule has 0 amide bonds. The fourth-order valence-corrected chi connectivity index (χ4v) is 1.88. The molecule has 0 aliphatic heterocycles. The van der Waals surface area contributed by atoms with Gasteiger partial charge in [-0.1, -0.05) is 0 Å². The van der Waals surface area contributed by atoms with Gasteiger partial charge in [0, 0.05) is 0 Å². The van der Waals surface area contributed by atoms with E-state index < -0.39 is 56.7 Å². The van der Waals surface area contributed by atoms with Crippen molar-refractivity contribution in [1.29, 1.82) is 0 Å². The molecule has 0 saturated heterocycles. The third-order valence-corrected chi connectivity index (χ3v) is 2.91. The van der Waals surface area contributed by atoms with Crippen molar-refractivity contribution in [3.8, 4) is 5.75 Å². The summed E-state index contributed by atoms with van der Waals surface area (Å²) in [5.74, 6) is -17.0. The highest BCUT2D eigenvalue weighted by molar-refractivity contribution is 7.87. The number of carbonyl (C=O) groups is 1. The van der Waals surface area contributed by atoms with Gasteiger partial charge in [0.1, 0.15) is 0 Å². The second-order valence-electron chi connectivity index (χ2n) is 3.26. The first-order chi connectivity index (χ1) is 9.10. The molecule has 112 valence electrons. The highest BCUT2D eigenvalue weighted by atomic mass is 32.2. The van der Waals surface area contributed by atoms with Gasteiger partial charge in [0.05, 0.1) is 7.11 Å². The number of carbonyl (C=O) groups excluding carboxylic acids is 1. The van der Waals surface area contributed by atoms with Crippen LogP contribution in [0, 0.1) is 29.1 Å². The average molecular weight is 320 g/mol. The summed E-state index contributed by atoms with van der Waals surface area (Å²) in [7, 11) is -4.13. The second-order valence-corrected chi connectivity index (χ2v) is 4.83. The molecule has 1 rings (SSSR count). The molecule has 11 heteroatoms. The third-order valence-electron chi connectivity index (χ3n) is 1.90. The molecule has 0 radical (unpaired) electrons. The van der Waals surface area contributed by atoms with E-state index in [0.717, 1.165) is 7.11 Å².